The summed E-state index contributed by atoms with van der Waals surface area (Å²) in [4.78, 5) is 16.0. The van der Waals surface area contributed by atoms with Gasteiger partial charge in [0.25, 0.3) is 5.91 Å². The molecule has 1 heterocycles. The lowest BCUT2D eigenvalue weighted by atomic mass is 10.2. The highest BCUT2D eigenvalue weighted by molar-refractivity contribution is 6.35. The predicted octanol–water partition coefficient (Wildman–Crippen LogP) is 2.09. The third-order valence-electron chi connectivity index (χ3n) is 2.22. The SMILES string of the molecule is CN(C)NC(=O)c1cc(Cl)c2ccccc2n1. The van der Waals surface area contributed by atoms with Crippen LogP contribution in [0.2, 0.25) is 5.02 Å². The van der Waals surface area contributed by atoms with Crippen molar-refractivity contribution in [3.63, 3.8) is 0 Å². The predicted molar refractivity (Wildman–Crippen MR) is 67.9 cm³/mol. The van der Waals surface area contributed by atoms with Gasteiger partial charge in [-0.3, -0.25) is 10.2 Å². The Kier molecular flexibility index (Phi) is 3.26. The van der Waals surface area contributed by atoms with Crippen molar-refractivity contribution in [2.75, 3.05) is 14.1 Å². The molecule has 1 amide bonds. The first-order chi connectivity index (χ1) is 8.08. The molecule has 0 unspecified atom stereocenters. The molecule has 5 heteroatoms. The first-order valence-electron chi connectivity index (χ1n) is 5.11. The van der Waals surface area contributed by atoms with Gasteiger partial charge >= 0.3 is 0 Å². The molecule has 0 atom stereocenters. The maximum absolute atomic E-state index is 11.8. The number of pyridine rings is 1. The van der Waals surface area contributed by atoms with Gasteiger partial charge in [-0.05, 0) is 12.1 Å². The molecule has 1 N–H and O–H groups in total. The van der Waals surface area contributed by atoms with Crippen molar-refractivity contribution in [3.05, 3.63) is 41.0 Å². The van der Waals surface area contributed by atoms with E-state index in [0.29, 0.717) is 16.2 Å². The summed E-state index contributed by atoms with van der Waals surface area (Å²) in [6.45, 7) is 0. The Hall–Kier alpha value is -1.65. The molecule has 0 bridgehead atoms. The first kappa shape index (κ1) is 11.8. The fraction of sp³-hybridized carbons (Fsp3) is 0.167. The number of carbonyl (C=O) groups excluding carboxylic acids is 1. The fourth-order valence-corrected chi connectivity index (χ4v) is 1.77. The number of hydrogen-bond acceptors (Lipinski definition) is 3. The van der Waals surface area contributed by atoms with E-state index in [1.165, 1.54) is 0 Å². The van der Waals surface area contributed by atoms with Crippen molar-refractivity contribution >= 4 is 28.4 Å². The van der Waals surface area contributed by atoms with Gasteiger partial charge in [-0.2, -0.15) is 0 Å². The molecular formula is C12H12ClN3O. The van der Waals surface area contributed by atoms with Gasteiger partial charge in [0, 0.05) is 19.5 Å². The molecular weight excluding hydrogens is 238 g/mol. The normalized spacial score (nSPS) is 10.8. The largest absolute Gasteiger partial charge is 0.284 e. The maximum atomic E-state index is 11.8. The number of para-hydroxylation sites is 1. The molecule has 17 heavy (non-hydrogen) atoms. The minimum Gasteiger partial charge on any atom is -0.284 e. The van der Waals surface area contributed by atoms with Crippen LogP contribution in [0.3, 0.4) is 0 Å². The van der Waals surface area contributed by atoms with Gasteiger partial charge in [-0.1, -0.05) is 29.8 Å². The Balaban J connectivity index is 2.46. The Morgan fingerprint density at radius 2 is 2.06 bits per heavy atom. The average Bonchev–Trinajstić information content (AvgIpc) is 2.28. The van der Waals surface area contributed by atoms with Crippen LogP contribution in [0.5, 0.6) is 0 Å². The summed E-state index contributed by atoms with van der Waals surface area (Å²) in [6, 6.07) is 9.02. The summed E-state index contributed by atoms with van der Waals surface area (Å²) in [6.07, 6.45) is 0. The van der Waals surface area contributed by atoms with Crippen molar-refractivity contribution in [1.82, 2.24) is 15.4 Å². The van der Waals surface area contributed by atoms with Crippen LogP contribution in [0, 0.1) is 0 Å². The Labute approximate surface area is 104 Å². The van der Waals surface area contributed by atoms with Crippen molar-refractivity contribution in [3.8, 4) is 0 Å². The van der Waals surface area contributed by atoms with E-state index in [1.807, 2.05) is 24.3 Å². The molecule has 0 saturated heterocycles. The Morgan fingerprint density at radius 3 is 2.76 bits per heavy atom. The lowest BCUT2D eigenvalue weighted by molar-refractivity contribution is 0.0852. The van der Waals surface area contributed by atoms with Crippen LogP contribution in [0.25, 0.3) is 10.9 Å². The maximum Gasteiger partial charge on any atom is 0.284 e. The highest BCUT2D eigenvalue weighted by Gasteiger charge is 2.11. The number of rotatable bonds is 2. The van der Waals surface area contributed by atoms with Crippen molar-refractivity contribution in [2.45, 2.75) is 0 Å². The van der Waals surface area contributed by atoms with Gasteiger partial charge < -0.3 is 0 Å². The quantitative estimate of drug-likeness (QED) is 0.829. The van der Waals surface area contributed by atoms with Crippen molar-refractivity contribution in [1.29, 1.82) is 0 Å². The number of fused-ring (bicyclic) bond motifs is 1. The zero-order valence-electron chi connectivity index (χ0n) is 9.57. The monoisotopic (exact) mass is 249 g/mol. The van der Waals surface area contributed by atoms with Crippen LogP contribution in [0.15, 0.2) is 30.3 Å². The van der Waals surface area contributed by atoms with E-state index >= 15 is 0 Å². The summed E-state index contributed by atoms with van der Waals surface area (Å²) in [5, 5.41) is 2.93. The van der Waals surface area contributed by atoms with Gasteiger partial charge in [-0.15, -0.1) is 0 Å². The average molecular weight is 250 g/mol. The third kappa shape index (κ3) is 2.54. The number of nitrogens with one attached hydrogen (secondary N) is 1. The number of halogens is 1. The molecule has 0 spiro atoms. The number of hydrogen-bond donors (Lipinski definition) is 1. The number of nitrogens with zero attached hydrogens (tertiary/aromatic N) is 2. The highest BCUT2D eigenvalue weighted by atomic mass is 35.5. The molecule has 4 nitrogen and oxygen atoms in total. The molecule has 1 aromatic carbocycles. The summed E-state index contributed by atoms with van der Waals surface area (Å²) >= 11 is 6.11. The van der Waals surface area contributed by atoms with E-state index in [-0.39, 0.29) is 5.91 Å². The molecule has 0 aliphatic rings. The van der Waals surface area contributed by atoms with E-state index in [2.05, 4.69) is 10.4 Å². The van der Waals surface area contributed by atoms with E-state index in [4.69, 9.17) is 11.6 Å². The van der Waals surface area contributed by atoms with Gasteiger partial charge in [0.2, 0.25) is 0 Å². The summed E-state index contributed by atoms with van der Waals surface area (Å²) in [7, 11) is 3.47. The number of hydrazine groups is 1. The molecule has 1 aromatic heterocycles. The van der Waals surface area contributed by atoms with Crippen LogP contribution < -0.4 is 5.43 Å². The Morgan fingerprint density at radius 1 is 1.35 bits per heavy atom. The van der Waals surface area contributed by atoms with Crippen LogP contribution in [0.4, 0.5) is 0 Å². The number of carbonyl (C=O) groups is 1. The summed E-state index contributed by atoms with van der Waals surface area (Å²) in [5.41, 5.74) is 3.64. The van der Waals surface area contributed by atoms with E-state index in [0.717, 1.165) is 5.39 Å². The second-order valence-corrected chi connectivity index (χ2v) is 4.25. The second kappa shape index (κ2) is 4.69. The zero-order chi connectivity index (χ0) is 12.4. The summed E-state index contributed by atoms with van der Waals surface area (Å²) in [5.74, 6) is -0.275. The van der Waals surface area contributed by atoms with Gasteiger partial charge in [0.05, 0.1) is 10.5 Å². The molecule has 88 valence electrons. The van der Waals surface area contributed by atoms with Gasteiger partial charge in [0.15, 0.2) is 0 Å². The molecule has 0 aliphatic carbocycles. The van der Waals surface area contributed by atoms with E-state index in [9.17, 15) is 4.79 Å². The van der Waals surface area contributed by atoms with Crippen LogP contribution in [-0.4, -0.2) is 30.0 Å². The highest BCUT2D eigenvalue weighted by Crippen LogP contribution is 2.22. The molecule has 0 saturated carbocycles. The number of amides is 1. The molecule has 0 fully saturated rings. The third-order valence-corrected chi connectivity index (χ3v) is 2.54. The number of benzene rings is 1. The van der Waals surface area contributed by atoms with Crippen LogP contribution in [-0.2, 0) is 0 Å². The van der Waals surface area contributed by atoms with E-state index in [1.54, 1.807) is 25.2 Å². The molecule has 0 aliphatic heterocycles. The lowest BCUT2D eigenvalue weighted by Crippen LogP contribution is -2.36. The molecule has 2 aromatic rings. The van der Waals surface area contributed by atoms with Crippen LogP contribution in [0.1, 0.15) is 10.5 Å². The Bertz CT molecular complexity index is 569. The smallest absolute Gasteiger partial charge is 0.284 e. The van der Waals surface area contributed by atoms with Gasteiger partial charge in [-0.25, -0.2) is 9.99 Å². The minimum absolute atomic E-state index is 0.275. The summed E-state index contributed by atoms with van der Waals surface area (Å²) < 4.78 is 0. The molecule has 2 rings (SSSR count). The number of aromatic nitrogens is 1. The van der Waals surface area contributed by atoms with Crippen molar-refractivity contribution in [2.24, 2.45) is 0 Å². The zero-order valence-corrected chi connectivity index (χ0v) is 10.3. The molecule has 0 radical (unpaired) electrons. The van der Waals surface area contributed by atoms with Crippen LogP contribution >= 0.6 is 11.6 Å². The minimum atomic E-state index is -0.275. The standard InChI is InChI=1S/C12H12ClN3O/c1-16(2)15-12(17)11-7-9(13)8-5-3-4-6-10(8)14-11/h3-7H,1-2H3,(H,15,17). The van der Waals surface area contributed by atoms with Crippen molar-refractivity contribution < 1.29 is 4.79 Å². The van der Waals surface area contributed by atoms with Gasteiger partial charge in [0.1, 0.15) is 5.69 Å². The van der Waals surface area contributed by atoms with E-state index < -0.39 is 0 Å². The topological polar surface area (TPSA) is 45.2 Å². The fourth-order valence-electron chi connectivity index (χ4n) is 1.51. The lowest BCUT2D eigenvalue weighted by Gasteiger charge is -2.11. The second-order valence-electron chi connectivity index (χ2n) is 3.84. The first-order valence-corrected chi connectivity index (χ1v) is 5.49.